The molecular formula is C15H16ClNOS. The number of carbonyl (C=O) groups is 1. The van der Waals surface area contributed by atoms with Gasteiger partial charge in [0.05, 0.1) is 10.6 Å². The van der Waals surface area contributed by atoms with E-state index in [2.05, 4.69) is 18.8 Å². The van der Waals surface area contributed by atoms with Crippen molar-refractivity contribution in [1.29, 1.82) is 0 Å². The number of rotatable bonds is 4. The van der Waals surface area contributed by atoms with Crippen LogP contribution in [-0.2, 0) is 0 Å². The lowest BCUT2D eigenvalue weighted by molar-refractivity contribution is 0.101. The van der Waals surface area contributed by atoms with Gasteiger partial charge in [0.1, 0.15) is 0 Å². The Kier molecular flexibility index (Phi) is 4.38. The van der Waals surface area contributed by atoms with E-state index in [9.17, 15) is 4.79 Å². The van der Waals surface area contributed by atoms with Crippen molar-refractivity contribution in [2.24, 2.45) is 0 Å². The second-order valence-electron chi connectivity index (χ2n) is 4.61. The molecule has 0 N–H and O–H groups in total. The molecule has 4 heteroatoms. The lowest BCUT2D eigenvalue weighted by Crippen LogP contribution is -1.96. The molecule has 0 bridgehead atoms. The molecular weight excluding hydrogens is 278 g/mol. The maximum atomic E-state index is 11.5. The average molecular weight is 294 g/mol. The highest BCUT2D eigenvalue weighted by molar-refractivity contribution is 7.17. The number of hydrogen-bond donors (Lipinski definition) is 0. The van der Waals surface area contributed by atoms with Crippen LogP contribution in [0.1, 0.15) is 48.6 Å². The molecule has 0 aliphatic heterocycles. The monoisotopic (exact) mass is 293 g/mol. The predicted molar refractivity (Wildman–Crippen MR) is 81.3 cm³/mol. The van der Waals surface area contributed by atoms with Gasteiger partial charge in [0, 0.05) is 11.9 Å². The van der Waals surface area contributed by atoms with E-state index in [1.54, 1.807) is 6.92 Å². The van der Waals surface area contributed by atoms with Crippen LogP contribution in [0, 0.1) is 0 Å². The molecule has 1 aromatic heterocycles. The molecule has 0 radical (unpaired) electrons. The van der Waals surface area contributed by atoms with E-state index in [0.29, 0.717) is 15.9 Å². The van der Waals surface area contributed by atoms with Crippen molar-refractivity contribution in [2.45, 2.75) is 33.1 Å². The Bertz CT molecular complexity index is 589. The highest BCUT2D eigenvalue weighted by atomic mass is 35.5. The molecule has 0 aliphatic carbocycles. The van der Waals surface area contributed by atoms with E-state index >= 15 is 0 Å². The van der Waals surface area contributed by atoms with Crippen molar-refractivity contribution >= 4 is 28.7 Å². The fourth-order valence-corrected chi connectivity index (χ4v) is 3.03. The topological polar surface area (TPSA) is 30.0 Å². The van der Waals surface area contributed by atoms with Crippen molar-refractivity contribution < 1.29 is 4.79 Å². The minimum atomic E-state index is 0.0229. The molecule has 1 atom stereocenters. The largest absolute Gasteiger partial charge is 0.292 e. The summed E-state index contributed by atoms with van der Waals surface area (Å²) in [5, 5.41) is 1.30. The number of carbonyl (C=O) groups excluding carboxylic acids is 1. The van der Waals surface area contributed by atoms with Gasteiger partial charge >= 0.3 is 0 Å². The molecule has 0 saturated carbocycles. The molecule has 1 aromatic carbocycles. The van der Waals surface area contributed by atoms with Gasteiger partial charge in [-0.25, -0.2) is 4.98 Å². The van der Waals surface area contributed by atoms with Gasteiger partial charge in [-0.05, 0) is 30.0 Å². The van der Waals surface area contributed by atoms with Gasteiger partial charge in [0.15, 0.2) is 10.8 Å². The fourth-order valence-electron chi connectivity index (χ4n) is 1.82. The number of hydrogen-bond acceptors (Lipinski definition) is 3. The zero-order valence-corrected chi connectivity index (χ0v) is 12.8. The second-order valence-corrected chi connectivity index (χ2v) is 6.04. The lowest BCUT2D eigenvalue weighted by Gasteiger charge is -2.08. The number of nitrogens with zero attached hydrogens (tertiary/aromatic N) is 1. The number of thiazole rings is 1. The normalized spacial score (nSPS) is 12.4. The standard InChI is InChI=1S/C15H16ClNOS/c1-4-9(2)13-14(19-15(17-13)10(3)18)11-5-7-12(16)8-6-11/h5-9H,4H2,1-3H3. The van der Waals surface area contributed by atoms with E-state index < -0.39 is 0 Å². The summed E-state index contributed by atoms with van der Waals surface area (Å²) in [6, 6.07) is 7.69. The fraction of sp³-hybridized carbons (Fsp3) is 0.333. The van der Waals surface area contributed by atoms with Crippen LogP contribution in [-0.4, -0.2) is 10.8 Å². The lowest BCUT2D eigenvalue weighted by atomic mass is 10.0. The molecule has 0 saturated heterocycles. The third-order valence-corrected chi connectivity index (χ3v) is 4.61. The van der Waals surface area contributed by atoms with Gasteiger partial charge in [0.25, 0.3) is 0 Å². The summed E-state index contributed by atoms with van der Waals surface area (Å²) in [4.78, 5) is 17.1. The van der Waals surface area contributed by atoms with Gasteiger partial charge in [-0.15, -0.1) is 11.3 Å². The average Bonchev–Trinajstić information content (AvgIpc) is 2.84. The van der Waals surface area contributed by atoms with Crippen molar-refractivity contribution in [2.75, 3.05) is 0 Å². The van der Waals surface area contributed by atoms with Crippen LogP contribution < -0.4 is 0 Å². The van der Waals surface area contributed by atoms with Crippen molar-refractivity contribution in [3.05, 3.63) is 40.0 Å². The van der Waals surface area contributed by atoms with Gasteiger partial charge in [0.2, 0.25) is 0 Å². The third kappa shape index (κ3) is 3.04. The molecule has 2 aromatic rings. The van der Waals surface area contributed by atoms with Crippen LogP contribution in [0.5, 0.6) is 0 Å². The maximum absolute atomic E-state index is 11.5. The van der Waals surface area contributed by atoms with E-state index in [-0.39, 0.29) is 5.78 Å². The Labute approximate surface area is 122 Å². The van der Waals surface area contributed by atoms with Crippen molar-refractivity contribution in [3.8, 4) is 10.4 Å². The minimum absolute atomic E-state index is 0.0229. The summed E-state index contributed by atoms with van der Waals surface area (Å²) in [5.74, 6) is 0.366. The maximum Gasteiger partial charge on any atom is 0.188 e. The van der Waals surface area contributed by atoms with E-state index in [1.807, 2.05) is 24.3 Å². The molecule has 0 amide bonds. The van der Waals surface area contributed by atoms with E-state index in [4.69, 9.17) is 11.6 Å². The van der Waals surface area contributed by atoms with Gasteiger partial charge < -0.3 is 0 Å². The SMILES string of the molecule is CCC(C)c1nc(C(C)=O)sc1-c1ccc(Cl)cc1. The molecule has 2 rings (SSSR count). The second kappa shape index (κ2) is 5.85. The molecule has 0 fully saturated rings. The van der Waals surface area contributed by atoms with Gasteiger partial charge in [-0.1, -0.05) is 37.6 Å². The van der Waals surface area contributed by atoms with Crippen molar-refractivity contribution in [1.82, 2.24) is 4.98 Å². The van der Waals surface area contributed by atoms with Gasteiger partial charge in [-0.3, -0.25) is 4.79 Å². The molecule has 2 nitrogen and oxygen atoms in total. The Morgan fingerprint density at radius 1 is 1.37 bits per heavy atom. The first-order valence-electron chi connectivity index (χ1n) is 6.30. The molecule has 100 valence electrons. The van der Waals surface area contributed by atoms with Crippen LogP contribution in [0.4, 0.5) is 0 Å². The van der Waals surface area contributed by atoms with Gasteiger partial charge in [-0.2, -0.15) is 0 Å². The van der Waals surface area contributed by atoms with Crippen molar-refractivity contribution in [3.63, 3.8) is 0 Å². The van der Waals surface area contributed by atoms with Crippen LogP contribution in [0.15, 0.2) is 24.3 Å². The minimum Gasteiger partial charge on any atom is -0.292 e. The summed E-state index contributed by atoms with van der Waals surface area (Å²) in [5.41, 5.74) is 2.09. The summed E-state index contributed by atoms with van der Waals surface area (Å²) in [6.07, 6.45) is 1.00. The molecule has 19 heavy (non-hydrogen) atoms. The number of benzene rings is 1. The van der Waals surface area contributed by atoms with Crippen LogP contribution >= 0.6 is 22.9 Å². The number of aromatic nitrogens is 1. The zero-order chi connectivity index (χ0) is 14.0. The Morgan fingerprint density at radius 2 is 2.00 bits per heavy atom. The van der Waals surface area contributed by atoms with E-state index in [1.165, 1.54) is 11.3 Å². The van der Waals surface area contributed by atoms with Crippen LogP contribution in [0.25, 0.3) is 10.4 Å². The highest BCUT2D eigenvalue weighted by Crippen LogP contribution is 2.36. The number of Topliss-reactive ketones (excluding diaryl/α,β-unsaturated/α-hetero) is 1. The van der Waals surface area contributed by atoms with Crippen LogP contribution in [0.3, 0.4) is 0 Å². The summed E-state index contributed by atoms with van der Waals surface area (Å²) in [6.45, 7) is 5.83. The summed E-state index contributed by atoms with van der Waals surface area (Å²) >= 11 is 7.38. The zero-order valence-electron chi connectivity index (χ0n) is 11.2. The molecule has 0 aliphatic rings. The molecule has 1 heterocycles. The Balaban J connectivity index is 2.53. The first kappa shape index (κ1) is 14.2. The van der Waals surface area contributed by atoms with E-state index in [0.717, 1.165) is 22.6 Å². The number of ketones is 1. The van der Waals surface area contributed by atoms with Crippen LogP contribution in [0.2, 0.25) is 5.02 Å². The summed E-state index contributed by atoms with van der Waals surface area (Å²) in [7, 11) is 0. The quantitative estimate of drug-likeness (QED) is 0.727. The Hall–Kier alpha value is -1.19. The third-order valence-electron chi connectivity index (χ3n) is 3.14. The molecule has 1 unspecified atom stereocenters. The summed E-state index contributed by atoms with van der Waals surface area (Å²) < 4.78 is 0. The first-order chi connectivity index (χ1) is 9.02. The smallest absolute Gasteiger partial charge is 0.188 e. The Morgan fingerprint density at radius 3 is 2.53 bits per heavy atom. The number of halogens is 1. The predicted octanol–water partition coefficient (Wildman–Crippen LogP) is 5.18. The first-order valence-corrected chi connectivity index (χ1v) is 7.50. The molecule has 0 spiro atoms. The highest BCUT2D eigenvalue weighted by Gasteiger charge is 2.19.